The maximum Gasteiger partial charge on any atom is 0.295 e. The van der Waals surface area contributed by atoms with E-state index in [1.54, 1.807) is 0 Å². The zero-order valence-electron chi connectivity index (χ0n) is 19.9. The molecular formula is C26H30N2O6S. The first kappa shape index (κ1) is 25.1. The molecule has 2 heterocycles. The molecular weight excluding hydrogens is 468 g/mol. The Morgan fingerprint density at radius 1 is 1.00 bits per heavy atom. The van der Waals surface area contributed by atoms with Gasteiger partial charge in [0.25, 0.3) is 11.7 Å². The van der Waals surface area contributed by atoms with E-state index >= 15 is 0 Å². The number of benzene rings is 2. The Morgan fingerprint density at radius 3 is 2.23 bits per heavy atom. The summed E-state index contributed by atoms with van der Waals surface area (Å²) in [7, 11) is -2.12. The number of aliphatic hydroxyl groups excluding tert-OH is 1. The fraction of sp³-hybridized carbons (Fsp3) is 0.385. The van der Waals surface area contributed by atoms with Crippen molar-refractivity contribution in [3.63, 3.8) is 0 Å². The van der Waals surface area contributed by atoms with Gasteiger partial charge in [0.2, 0.25) is 10.0 Å². The Kier molecular flexibility index (Phi) is 7.39. The molecule has 2 aromatic carbocycles. The molecule has 0 bridgehead atoms. The van der Waals surface area contributed by atoms with E-state index in [4.69, 9.17) is 4.74 Å². The van der Waals surface area contributed by atoms with Crippen molar-refractivity contribution in [2.24, 2.45) is 0 Å². The summed E-state index contributed by atoms with van der Waals surface area (Å²) >= 11 is 0. The second-order valence-corrected chi connectivity index (χ2v) is 10.8. The van der Waals surface area contributed by atoms with Crippen LogP contribution < -0.4 is 0 Å². The Morgan fingerprint density at radius 2 is 1.63 bits per heavy atom. The molecule has 2 aromatic rings. The van der Waals surface area contributed by atoms with Crippen LogP contribution in [-0.4, -0.2) is 67.8 Å². The highest BCUT2D eigenvalue weighted by molar-refractivity contribution is 7.89. The van der Waals surface area contributed by atoms with Gasteiger partial charge in [-0.25, -0.2) is 8.42 Å². The second-order valence-electron chi connectivity index (χ2n) is 8.89. The van der Waals surface area contributed by atoms with Crippen molar-refractivity contribution in [3.05, 3.63) is 70.8 Å². The number of aliphatic hydroxyl groups is 1. The molecule has 2 aliphatic rings. The molecule has 0 spiro atoms. The van der Waals surface area contributed by atoms with Gasteiger partial charge in [-0.15, -0.1) is 0 Å². The van der Waals surface area contributed by atoms with Crippen LogP contribution in [0.15, 0.2) is 59.0 Å². The summed E-state index contributed by atoms with van der Waals surface area (Å²) in [5.74, 6) is -1.83. The van der Waals surface area contributed by atoms with Crippen LogP contribution in [0, 0.1) is 6.92 Å². The van der Waals surface area contributed by atoms with Crippen molar-refractivity contribution in [3.8, 4) is 0 Å². The molecule has 2 fully saturated rings. The van der Waals surface area contributed by atoms with Crippen molar-refractivity contribution < 1.29 is 27.9 Å². The molecule has 1 amide bonds. The molecule has 1 unspecified atom stereocenters. The maximum absolute atomic E-state index is 13.0. The molecule has 0 aromatic heterocycles. The lowest BCUT2D eigenvalue weighted by Crippen LogP contribution is -2.35. The van der Waals surface area contributed by atoms with Crippen LogP contribution in [0.3, 0.4) is 0 Å². The molecule has 0 aliphatic carbocycles. The first-order valence-corrected chi connectivity index (χ1v) is 13.1. The van der Waals surface area contributed by atoms with Gasteiger partial charge in [-0.2, -0.15) is 4.31 Å². The lowest BCUT2D eigenvalue weighted by atomic mass is 9.95. The Balaban J connectivity index is 1.73. The number of carbonyl (C=O) groups is 2. The zero-order chi connectivity index (χ0) is 25.2. The van der Waals surface area contributed by atoms with Crippen molar-refractivity contribution in [1.82, 2.24) is 9.21 Å². The standard InChI is InChI=1S/C26H30N2O6S/c1-18-6-8-19(9-7-18)23-22(25(30)26(31)28(23)16-17-34-2)24(29)20-10-12-21(13-11-20)35(32,33)27-14-4-3-5-15-27/h6-13,23,29H,3-5,14-17H2,1-2H3/b24-22-. The number of ketones is 1. The van der Waals surface area contributed by atoms with Gasteiger partial charge in [0.15, 0.2) is 0 Å². The maximum atomic E-state index is 13.0. The molecule has 1 N–H and O–H groups in total. The molecule has 0 saturated carbocycles. The van der Waals surface area contributed by atoms with E-state index < -0.39 is 27.8 Å². The minimum absolute atomic E-state index is 0.0263. The third-order valence-corrected chi connectivity index (χ3v) is 8.46. The molecule has 2 saturated heterocycles. The number of hydrogen-bond donors (Lipinski definition) is 1. The topological polar surface area (TPSA) is 104 Å². The minimum atomic E-state index is -3.63. The van der Waals surface area contributed by atoms with Crippen LogP contribution in [0.1, 0.15) is 42.0 Å². The Hall–Kier alpha value is -3.01. The highest BCUT2D eigenvalue weighted by Crippen LogP contribution is 2.39. The average molecular weight is 499 g/mol. The number of sulfonamides is 1. The summed E-state index contributed by atoms with van der Waals surface area (Å²) in [6.07, 6.45) is 2.68. The molecule has 9 heteroatoms. The lowest BCUT2D eigenvalue weighted by molar-refractivity contribution is -0.140. The van der Waals surface area contributed by atoms with Crippen LogP contribution >= 0.6 is 0 Å². The van der Waals surface area contributed by atoms with E-state index in [9.17, 15) is 23.1 Å². The van der Waals surface area contributed by atoms with Gasteiger partial charge in [0.1, 0.15) is 5.76 Å². The van der Waals surface area contributed by atoms with Crippen LogP contribution in [0.4, 0.5) is 0 Å². The van der Waals surface area contributed by atoms with Gasteiger partial charge in [-0.05, 0) is 49.6 Å². The van der Waals surface area contributed by atoms with Crippen LogP contribution in [0.25, 0.3) is 5.76 Å². The summed E-state index contributed by atoms with van der Waals surface area (Å²) in [5.41, 5.74) is 1.95. The first-order chi connectivity index (χ1) is 16.8. The normalized spacial score (nSPS) is 21.0. The van der Waals surface area contributed by atoms with Crippen molar-refractivity contribution in [2.75, 3.05) is 33.4 Å². The fourth-order valence-corrected chi connectivity index (χ4v) is 6.11. The largest absolute Gasteiger partial charge is 0.507 e. The summed E-state index contributed by atoms with van der Waals surface area (Å²) < 4.78 is 32.5. The molecule has 4 rings (SSSR count). The number of aryl methyl sites for hydroxylation is 1. The highest BCUT2D eigenvalue weighted by atomic mass is 32.2. The van der Waals surface area contributed by atoms with E-state index in [-0.39, 0.29) is 34.9 Å². The van der Waals surface area contributed by atoms with Crippen molar-refractivity contribution >= 4 is 27.5 Å². The molecule has 35 heavy (non-hydrogen) atoms. The number of ether oxygens (including phenoxy) is 1. The number of hydrogen-bond acceptors (Lipinski definition) is 6. The van der Waals surface area contributed by atoms with E-state index in [1.807, 2.05) is 31.2 Å². The number of piperidine rings is 1. The smallest absolute Gasteiger partial charge is 0.295 e. The van der Waals surface area contributed by atoms with Gasteiger partial charge in [0.05, 0.1) is 23.1 Å². The number of likely N-dealkylation sites (tertiary alicyclic amines) is 1. The van der Waals surface area contributed by atoms with Gasteiger partial charge in [-0.1, -0.05) is 36.2 Å². The number of carbonyl (C=O) groups excluding carboxylic acids is 2. The summed E-state index contributed by atoms with van der Waals surface area (Å²) in [4.78, 5) is 27.4. The number of Topliss-reactive ketones (excluding diaryl/α,β-unsaturated/α-hetero) is 1. The van der Waals surface area contributed by atoms with E-state index in [0.29, 0.717) is 18.7 Å². The van der Waals surface area contributed by atoms with Crippen LogP contribution in [0.5, 0.6) is 0 Å². The monoisotopic (exact) mass is 498 g/mol. The SMILES string of the molecule is COCCN1C(=O)C(=O)/C(=C(\O)c2ccc(S(=O)(=O)N3CCCCC3)cc2)C1c1ccc(C)cc1. The third-order valence-electron chi connectivity index (χ3n) is 6.55. The fourth-order valence-electron chi connectivity index (χ4n) is 4.59. The summed E-state index contributed by atoms with van der Waals surface area (Å²) in [5, 5.41) is 11.2. The van der Waals surface area contributed by atoms with Gasteiger partial charge in [0, 0.05) is 32.3 Å². The second kappa shape index (κ2) is 10.3. The van der Waals surface area contributed by atoms with Crippen molar-refractivity contribution in [1.29, 1.82) is 0 Å². The van der Waals surface area contributed by atoms with Gasteiger partial charge >= 0.3 is 0 Å². The Labute approximate surface area is 205 Å². The predicted molar refractivity (Wildman–Crippen MR) is 131 cm³/mol. The minimum Gasteiger partial charge on any atom is -0.507 e. The molecule has 2 aliphatic heterocycles. The van der Waals surface area contributed by atoms with Crippen LogP contribution in [0.2, 0.25) is 0 Å². The molecule has 186 valence electrons. The van der Waals surface area contributed by atoms with Crippen LogP contribution in [-0.2, 0) is 24.3 Å². The van der Waals surface area contributed by atoms with E-state index in [2.05, 4.69) is 0 Å². The molecule has 0 radical (unpaired) electrons. The van der Waals surface area contributed by atoms with E-state index in [1.165, 1.54) is 40.6 Å². The first-order valence-electron chi connectivity index (χ1n) is 11.7. The molecule has 1 atom stereocenters. The quantitative estimate of drug-likeness (QED) is 0.357. The molecule has 8 nitrogen and oxygen atoms in total. The van der Waals surface area contributed by atoms with Gasteiger partial charge < -0.3 is 14.7 Å². The number of amides is 1. The van der Waals surface area contributed by atoms with Crippen molar-refractivity contribution in [2.45, 2.75) is 37.1 Å². The average Bonchev–Trinajstić information content (AvgIpc) is 3.13. The number of rotatable bonds is 7. The summed E-state index contributed by atoms with van der Waals surface area (Å²) in [6.45, 7) is 3.34. The highest BCUT2D eigenvalue weighted by Gasteiger charge is 2.45. The number of methoxy groups -OCH3 is 1. The lowest BCUT2D eigenvalue weighted by Gasteiger charge is -2.26. The summed E-state index contributed by atoms with van der Waals surface area (Å²) in [6, 6.07) is 12.4. The van der Waals surface area contributed by atoms with Gasteiger partial charge in [-0.3, -0.25) is 9.59 Å². The zero-order valence-corrected chi connectivity index (χ0v) is 20.8. The predicted octanol–water partition coefficient (Wildman–Crippen LogP) is 3.24. The number of nitrogens with zero attached hydrogens (tertiary/aromatic N) is 2. The Bertz CT molecular complexity index is 1230. The third kappa shape index (κ3) is 4.89. The van der Waals surface area contributed by atoms with E-state index in [0.717, 1.165) is 24.8 Å².